The zero-order valence-corrected chi connectivity index (χ0v) is 11.2. The second-order valence-corrected chi connectivity index (χ2v) is 4.61. The van der Waals surface area contributed by atoms with E-state index >= 15 is 0 Å². The molecule has 2 aromatic carbocycles. The molecule has 0 N–H and O–H groups in total. The highest BCUT2D eigenvalue weighted by Crippen LogP contribution is 2.25. The van der Waals surface area contributed by atoms with Gasteiger partial charge >= 0.3 is 5.69 Å². The van der Waals surface area contributed by atoms with Crippen LogP contribution >= 0.6 is 11.6 Å². The predicted octanol–water partition coefficient (Wildman–Crippen LogP) is 3.95. The summed E-state index contributed by atoms with van der Waals surface area (Å²) in [5, 5.41) is 10.9. The van der Waals surface area contributed by atoms with E-state index in [9.17, 15) is 23.7 Å². The summed E-state index contributed by atoms with van der Waals surface area (Å²) < 4.78 is 27.5. The Kier molecular flexibility index (Phi) is 4.28. The minimum Gasteiger partial charge on any atom is -0.294 e. The van der Waals surface area contributed by atoms with Crippen LogP contribution in [0.15, 0.2) is 36.4 Å². The van der Waals surface area contributed by atoms with Gasteiger partial charge in [0.2, 0.25) is 5.82 Å². The highest BCUT2D eigenvalue weighted by Gasteiger charge is 2.26. The third kappa shape index (κ3) is 3.05. The van der Waals surface area contributed by atoms with Crippen molar-refractivity contribution in [2.75, 3.05) is 0 Å². The molecule has 21 heavy (non-hydrogen) atoms. The van der Waals surface area contributed by atoms with Gasteiger partial charge in [0, 0.05) is 17.5 Å². The number of nitro groups is 1. The summed E-state index contributed by atoms with van der Waals surface area (Å²) in [6.07, 6.45) is -0.352. The maximum absolute atomic E-state index is 13.9. The fourth-order valence-electron chi connectivity index (χ4n) is 1.84. The lowest BCUT2D eigenvalue weighted by Gasteiger charge is -2.06. The largest absolute Gasteiger partial charge is 0.305 e. The van der Waals surface area contributed by atoms with E-state index in [2.05, 4.69) is 0 Å². The number of Topliss-reactive ketones (excluding diaryl/α,β-unsaturated/α-hetero) is 1. The fourth-order valence-corrected chi connectivity index (χ4v) is 2.04. The smallest absolute Gasteiger partial charge is 0.294 e. The molecule has 0 spiro atoms. The summed E-state index contributed by atoms with van der Waals surface area (Å²) in [7, 11) is 0. The van der Waals surface area contributed by atoms with Gasteiger partial charge in [-0.2, -0.15) is 4.39 Å². The van der Waals surface area contributed by atoms with Crippen LogP contribution in [0, 0.1) is 21.7 Å². The number of ketones is 1. The fraction of sp³-hybridized carbons (Fsp3) is 0.0714. The minimum absolute atomic E-state index is 0.275. The zero-order chi connectivity index (χ0) is 15.6. The van der Waals surface area contributed by atoms with Crippen molar-refractivity contribution in [3.05, 3.63) is 74.3 Å². The van der Waals surface area contributed by atoms with E-state index in [1.54, 1.807) is 12.1 Å². The molecule has 0 aliphatic carbocycles. The average Bonchev–Trinajstić information content (AvgIpc) is 2.41. The molecule has 0 amide bonds. The van der Waals surface area contributed by atoms with E-state index < -0.39 is 33.6 Å². The van der Waals surface area contributed by atoms with E-state index in [-0.39, 0.29) is 11.4 Å². The minimum atomic E-state index is -1.47. The Labute approximate surface area is 123 Å². The predicted molar refractivity (Wildman–Crippen MR) is 72.5 cm³/mol. The van der Waals surface area contributed by atoms with E-state index in [1.165, 1.54) is 12.1 Å². The molecular weight excluding hydrogens is 304 g/mol. The van der Waals surface area contributed by atoms with Gasteiger partial charge in [-0.05, 0) is 17.7 Å². The monoisotopic (exact) mass is 311 g/mol. The molecule has 0 bridgehead atoms. The maximum Gasteiger partial charge on any atom is 0.305 e. The Morgan fingerprint density at radius 1 is 1.19 bits per heavy atom. The third-order valence-electron chi connectivity index (χ3n) is 2.86. The Morgan fingerprint density at radius 3 is 2.48 bits per heavy atom. The van der Waals surface area contributed by atoms with Crippen molar-refractivity contribution in [2.45, 2.75) is 6.42 Å². The lowest BCUT2D eigenvalue weighted by molar-refractivity contribution is -0.387. The average molecular weight is 312 g/mol. The number of halogens is 3. The maximum atomic E-state index is 13.9. The first kappa shape index (κ1) is 15.1. The molecule has 7 heteroatoms. The first-order chi connectivity index (χ1) is 9.91. The van der Waals surface area contributed by atoms with Crippen molar-refractivity contribution in [3.63, 3.8) is 0 Å². The molecular formula is C14H8ClF2NO3. The summed E-state index contributed by atoms with van der Waals surface area (Å²) in [6, 6.07) is 7.70. The number of rotatable bonds is 4. The van der Waals surface area contributed by atoms with Gasteiger partial charge in [0.1, 0.15) is 5.82 Å². The van der Waals surface area contributed by atoms with Gasteiger partial charge in [-0.25, -0.2) is 4.39 Å². The first-order valence-electron chi connectivity index (χ1n) is 5.80. The van der Waals surface area contributed by atoms with Crippen LogP contribution in [-0.4, -0.2) is 10.7 Å². The van der Waals surface area contributed by atoms with Gasteiger partial charge in [0.25, 0.3) is 0 Å². The topological polar surface area (TPSA) is 60.2 Å². The summed E-state index contributed by atoms with van der Waals surface area (Å²) in [5.74, 6) is -3.53. The van der Waals surface area contributed by atoms with Crippen LogP contribution in [0.5, 0.6) is 0 Å². The van der Waals surface area contributed by atoms with E-state index in [4.69, 9.17) is 11.6 Å². The third-order valence-corrected chi connectivity index (χ3v) is 3.22. The Bertz CT molecular complexity index is 734. The molecule has 0 aromatic heterocycles. The van der Waals surface area contributed by atoms with E-state index in [0.29, 0.717) is 17.7 Å². The van der Waals surface area contributed by atoms with Crippen LogP contribution < -0.4 is 0 Å². The van der Waals surface area contributed by atoms with Gasteiger partial charge in [-0.3, -0.25) is 14.9 Å². The second kappa shape index (κ2) is 5.97. The molecule has 0 fully saturated rings. The number of carbonyl (C=O) groups excluding carboxylic acids is 1. The molecule has 108 valence electrons. The molecule has 0 atom stereocenters. The molecule has 2 aromatic rings. The Morgan fingerprint density at radius 2 is 1.86 bits per heavy atom. The molecule has 0 unspecified atom stereocenters. The summed E-state index contributed by atoms with van der Waals surface area (Å²) >= 11 is 5.87. The SMILES string of the molecule is O=C(Cc1ccccc1Cl)c1c(F)ccc([N+](=O)[O-])c1F. The Balaban J connectivity index is 2.42. The lowest BCUT2D eigenvalue weighted by atomic mass is 10.0. The zero-order valence-electron chi connectivity index (χ0n) is 10.5. The highest BCUT2D eigenvalue weighted by atomic mass is 35.5. The van der Waals surface area contributed by atoms with Gasteiger partial charge < -0.3 is 0 Å². The summed E-state index contributed by atoms with van der Waals surface area (Å²) in [6.45, 7) is 0. The number of nitrogens with zero attached hydrogens (tertiary/aromatic N) is 1. The van der Waals surface area contributed by atoms with E-state index in [0.717, 1.165) is 0 Å². The van der Waals surface area contributed by atoms with Crippen LogP contribution in [0.4, 0.5) is 14.5 Å². The van der Waals surface area contributed by atoms with Gasteiger partial charge in [0.05, 0.1) is 10.5 Å². The van der Waals surface area contributed by atoms with Crippen LogP contribution in [0.1, 0.15) is 15.9 Å². The molecule has 0 radical (unpaired) electrons. The molecule has 4 nitrogen and oxygen atoms in total. The molecule has 0 saturated carbocycles. The van der Waals surface area contributed by atoms with Gasteiger partial charge in [0.15, 0.2) is 5.78 Å². The van der Waals surface area contributed by atoms with Gasteiger partial charge in [-0.15, -0.1) is 0 Å². The van der Waals surface area contributed by atoms with Crippen molar-refractivity contribution < 1.29 is 18.5 Å². The number of nitro benzene ring substituents is 1. The number of hydrogen-bond acceptors (Lipinski definition) is 3. The molecule has 2 rings (SSSR count). The standard InChI is InChI=1S/C14H8ClF2NO3/c15-9-4-2-1-3-8(9)7-12(19)13-10(16)5-6-11(14(13)17)18(20)21/h1-6H,7H2. The number of benzene rings is 2. The summed E-state index contributed by atoms with van der Waals surface area (Å²) in [5.41, 5.74) is -1.49. The quantitative estimate of drug-likeness (QED) is 0.488. The van der Waals surface area contributed by atoms with Crippen molar-refractivity contribution in [1.82, 2.24) is 0 Å². The molecule has 0 aliphatic rings. The van der Waals surface area contributed by atoms with Crippen LogP contribution in [0.2, 0.25) is 5.02 Å². The van der Waals surface area contributed by atoms with E-state index in [1.807, 2.05) is 0 Å². The van der Waals surface area contributed by atoms with Crippen molar-refractivity contribution in [2.24, 2.45) is 0 Å². The van der Waals surface area contributed by atoms with Crippen LogP contribution in [0.3, 0.4) is 0 Å². The van der Waals surface area contributed by atoms with Gasteiger partial charge in [-0.1, -0.05) is 29.8 Å². The normalized spacial score (nSPS) is 10.4. The first-order valence-corrected chi connectivity index (χ1v) is 6.18. The number of carbonyl (C=O) groups is 1. The summed E-state index contributed by atoms with van der Waals surface area (Å²) in [4.78, 5) is 21.6. The van der Waals surface area contributed by atoms with Crippen molar-refractivity contribution in [1.29, 1.82) is 0 Å². The number of hydrogen-bond donors (Lipinski definition) is 0. The molecule has 0 heterocycles. The highest BCUT2D eigenvalue weighted by molar-refractivity contribution is 6.31. The molecule has 0 aliphatic heterocycles. The Hall–Kier alpha value is -2.34. The van der Waals surface area contributed by atoms with Crippen molar-refractivity contribution in [3.8, 4) is 0 Å². The van der Waals surface area contributed by atoms with Crippen LogP contribution in [0.25, 0.3) is 0 Å². The second-order valence-electron chi connectivity index (χ2n) is 4.20. The molecule has 0 saturated heterocycles. The van der Waals surface area contributed by atoms with Crippen molar-refractivity contribution >= 4 is 23.1 Å². The van der Waals surface area contributed by atoms with Crippen LogP contribution in [-0.2, 0) is 6.42 Å². The lowest BCUT2D eigenvalue weighted by Crippen LogP contribution is -2.11.